The minimum Gasteiger partial charge on any atom is -0.394 e. The average molecular weight is 383 g/mol. The normalized spacial score (nSPS) is 34.8. The van der Waals surface area contributed by atoms with Crippen LogP contribution in [0.25, 0.3) is 6.08 Å². The Morgan fingerprint density at radius 3 is 2.48 bits per heavy atom. The van der Waals surface area contributed by atoms with Gasteiger partial charge in [-0.15, -0.1) is 0 Å². The highest BCUT2D eigenvalue weighted by molar-refractivity contribution is 8.26. The van der Waals surface area contributed by atoms with Gasteiger partial charge in [0.05, 0.1) is 11.5 Å². The van der Waals surface area contributed by atoms with Gasteiger partial charge in [0.2, 0.25) is 0 Å². The Morgan fingerprint density at radius 1 is 1.16 bits per heavy atom. The topological polar surface area (TPSA) is 110 Å². The zero-order valence-corrected chi connectivity index (χ0v) is 14.6. The number of nitrogens with zero attached hydrogens (tertiary/aromatic N) is 1. The van der Waals surface area contributed by atoms with Crippen LogP contribution in [0.1, 0.15) is 5.56 Å². The Kier molecular flexibility index (Phi) is 5.54. The van der Waals surface area contributed by atoms with E-state index < -0.39 is 43.2 Å². The van der Waals surface area contributed by atoms with E-state index in [9.17, 15) is 25.2 Å². The van der Waals surface area contributed by atoms with Crippen molar-refractivity contribution in [3.63, 3.8) is 0 Å². The maximum absolute atomic E-state index is 12.7. The molecule has 2 aliphatic rings. The summed E-state index contributed by atoms with van der Waals surface area (Å²) in [7, 11) is 0. The Bertz CT molecular complexity index is 695. The molecule has 1 aromatic rings. The van der Waals surface area contributed by atoms with Crippen LogP contribution in [0.3, 0.4) is 0 Å². The van der Waals surface area contributed by atoms with Crippen LogP contribution in [0.4, 0.5) is 0 Å². The number of carbonyl (C=O) groups is 1. The lowest BCUT2D eigenvalue weighted by Gasteiger charge is -2.42. The molecule has 2 aliphatic heterocycles. The first-order chi connectivity index (χ1) is 11.9. The summed E-state index contributed by atoms with van der Waals surface area (Å²) in [5, 5.41) is 39.2. The predicted octanol–water partition coefficient (Wildman–Crippen LogP) is -0.312. The molecule has 0 spiro atoms. The van der Waals surface area contributed by atoms with Crippen molar-refractivity contribution in [1.82, 2.24) is 4.90 Å². The van der Waals surface area contributed by atoms with E-state index in [0.29, 0.717) is 4.91 Å². The molecule has 1 amide bonds. The molecule has 2 saturated heterocycles. The summed E-state index contributed by atoms with van der Waals surface area (Å²) in [6.45, 7) is -0.573. The lowest BCUT2D eigenvalue weighted by molar-refractivity contribution is -0.252. The Labute approximate surface area is 153 Å². The third-order valence-electron chi connectivity index (χ3n) is 4.04. The van der Waals surface area contributed by atoms with Crippen molar-refractivity contribution >= 4 is 40.3 Å². The summed E-state index contributed by atoms with van der Waals surface area (Å²) in [6, 6.07) is 9.20. The van der Waals surface area contributed by atoms with Gasteiger partial charge >= 0.3 is 0 Å². The maximum Gasteiger partial charge on any atom is 0.268 e. The lowest BCUT2D eigenvalue weighted by atomic mass is 9.98. The minimum atomic E-state index is -1.57. The van der Waals surface area contributed by atoms with Crippen molar-refractivity contribution < 1.29 is 30.0 Å². The van der Waals surface area contributed by atoms with Crippen LogP contribution in [-0.4, -0.2) is 72.8 Å². The fraction of sp³-hybridized carbons (Fsp3) is 0.375. The van der Waals surface area contributed by atoms with Gasteiger partial charge in [-0.1, -0.05) is 54.3 Å². The zero-order chi connectivity index (χ0) is 18.1. The first-order valence-electron chi connectivity index (χ1n) is 7.56. The van der Waals surface area contributed by atoms with E-state index in [2.05, 4.69) is 0 Å². The average Bonchev–Trinajstić information content (AvgIpc) is 2.88. The number of ether oxygens (including phenoxy) is 1. The second-order valence-electron chi connectivity index (χ2n) is 5.68. The van der Waals surface area contributed by atoms with Gasteiger partial charge < -0.3 is 25.2 Å². The van der Waals surface area contributed by atoms with Crippen LogP contribution in [-0.2, 0) is 9.53 Å². The summed E-state index contributed by atoms with van der Waals surface area (Å²) in [6.07, 6.45) is -5.34. The van der Waals surface area contributed by atoms with E-state index in [0.717, 1.165) is 22.2 Å². The van der Waals surface area contributed by atoms with Crippen LogP contribution >= 0.6 is 24.0 Å². The molecule has 9 heteroatoms. The highest BCUT2D eigenvalue weighted by Gasteiger charge is 2.50. The van der Waals surface area contributed by atoms with Gasteiger partial charge in [0.1, 0.15) is 24.4 Å². The van der Waals surface area contributed by atoms with Gasteiger partial charge in [-0.2, -0.15) is 0 Å². The molecule has 0 aliphatic carbocycles. The number of rotatable bonds is 3. The quantitative estimate of drug-likeness (QED) is 0.416. The molecule has 0 aromatic heterocycles. The Hall–Kier alpha value is -1.33. The first kappa shape index (κ1) is 18.5. The van der Waals surface area contributed by atoms with E-state index in [4.69, 9.17) is 17.0 Å². The number of aliphatic hydroxyl groups excluding tert-OH is 4. The first-order valence-corrected chi connectivity index (χ1v) is 8.79. The Balaban J connectivity index is 1.86. The van der Waals surface area contributed by atoms with Gasteiger partial charge in [0, 0.05) is 0 Å². The van der Waals surface area contributed by atoms with E-state index in [1.807, 2.05) is 30.3 Å². The second-order valence-corrected chi connectivity index (χ2v) is 7.36. The summed E-state index contributed by atoms with van der Waals surface area (Å²) in [5.41, 5.74) is 0.816. The smallest absolute Gasteiger partial charge is 0.268 e. The third kappa shape index (κ3) is 3.49. The summed E-state index contributed by atoms with van der Waals surface area (Å²) in [5.74, 6) is -0.469. The fourth-order valence-corrected chi connectivity index (χ4v) is 4.01. The summed E-state index contributed by atoms with van der Waals surface area (Å²) >= 11 is 6.27. The Morgan fingerprint density at radius 2 is 1.84 bits per heavy atom. The summed E-state index contributed by atoms with van der Waals surface area (Å²) < 4.78 is 5.58. The summed E-state index contributed by atoms with van der Waals surface area (Å²) in [4.78, 5) is 14.1. The molecule has 0 radical (unpaired) electrons. The molecule has 1 aromatic carbocycles. The van der Waals surface area contributed by atoms with Gasteiger partial charge in [-0.3, -0.25) is 9.69 Å². The van der Waals surface area contributed by atoms with Crippen molar-refractivity contribution in [2.75, 3.05) is 6.61 Å². The molecular formula is C16H17NO6S2. The van der Waals surface area contributed by atoms with E-state index >= 15 is 0 Å². The predicted molar refractivity (Wildman–Crippen MR) is 95.2 cm³/mol. The number of hydrogen-bond acceptors (Lipinski definition) is 8. The van der Waals surface area contributed by atoms with Crippen molar-refractivity contribution in [3.8, 4) is 0 Å². The lowest BCUT2D eigenvalue weighted by Crippen LogP contribution is -2.63. The van der Waals surface area contributed by atoms with Crippen molar-refractivity contribution in [1.29, 1.82) is 0 Å². The number of hydrogen-bond donors (Lipinski definition) is 4. The van der Waals surface area contributed by atoms with Crippen molar-refractivity contribution in [3.05, 3.63) is 40.8 Å². The molecule has 0 saturated carbocycles. The van der Waals surface area contributed by atoms with E-state index in [1.165, 1.54) is 0 Å². The van der Waals surface area contributed by atoms with Crippen LogP contribution in [0.5, 0.6) is 0 Å². The molecule has 3 rings (SSSR count). The standard InChI is InChI=1S/C16H17NO6S2/c18-7-9-11(19)12(20)13(21)15(23-9)17-14(22)10(25-16(17)24)6-8-4-2-1-3-5-8/h1-6,9,11-13,15,18-21H,7H2/b10-6+/t9-,11+,12+,13+,15-/m0/s1. The number of benzene rings is 1. The van der Waals surface area contributed by atoms with Crippen molar-refractivity contribution in [2.45, 2.75) is 30.6 Å². The number of thioether (sulfide) groups is 1. The van der Waals surface area contributed by atoms with E-state index in [1.54, 1.807) is 6.08 Å². The zero-order valence-electron chi connectivity index (χ0n) is 12.9. The van der Waals surface area contributed by atoms with E-state index in [-0.39, 0.29) is 4.32 Å². The number of amides is 1. The largest absolute Gasteiger partial charge is 0.394 e. The number of aliphatic hydroxyl groups is 4. The third-order valence-corrected chi connectivity index (χ3v) is 5.37. The van der Waals surface area contributed by atoms with Gasteiger partial charge in [-0.05, 0) is 11.6 Å². The molecular weight excluding hydrogens is 366 g/mol. The van der Waals surface area contributed by atoms with Gasteiger partial charge in [0.15, 0.2) is 10.5 Å². The molecule has 4 N–H and O–H groups in total. The van der Waals surface area contributed by atoms with Crippen molar-refractivity contribution in [2.24, 2.45) is 0 Å². The van der Waals surface area contributed by atoms with Gasteiger partial charge in [-0.25, -0.2) is 0 Å². The molecule has 5 atom stereocenters. The van der Waals surface area contributed by atoms with Crippen LogP contribution in [0.15, 0.2) is 35.2 Å². The monoisotopic (exact) mass is 383 g/mol. The SMILES string of the molecule is O=C1/C(=C\c2ccccc2)SC(=S)N1[C@H]1O[C@@H](CO)[C@@H](O)[C@@H](O)[C@H]1O. The molecule has 2 heterocycles. The molecule has 0 bridgehead atoms. The molecule has 0 unspecified atom stereocenters. The number of thiocarbonyl (C=S) groups is 1. The minimum absolute atomic E-state index is 0.163. The van der Waals surface area contributed by atoms with Crippen LogP contribution in [0, 0.1) is 0 Å². The second kappa shape index (κ2) is 7.50. The molecule has 25 heavy (non-hydrogen) atoms. The number of carbonyl (C=O) groups excluding carboxylic acids is 1. The highest BCUT2D eigenvalue weighted by atomic mass is 32.2. The fourth-order valence-electron chi connectivity index (χ4n) is 2.70. The maximum atomic E-state index is 12.7. The molecule has 2 fully saturated rings. The van der Waals surface area contributed by atoms with Gasteiger partial charge in [0.25, 0.3) is 5.91 Å². The highest BCUT2D eigenvalue weighted by Crippen LogP contribution is 2.37. The van der Waals surface area contributed by atoms with Crippen LogP contribution < -0.4 is 0 Å². The molecule has 7 nitrogen and oxygen atoms in total. The van der Waals surface area contributed by atoms with Crippen LogP contribution in [0.2, 0.25) is 0 Å². The molecule has 134 valence electrons.